The van der Waals surface area contributed by atoms with Crippen molar-refractivity contribution in [2.45, 2.75) is 38.6 Å². The van der Waals surface area contributed by atoms with E-state index in [2.05, 4.69) is 22.9 Å². The molecule has 4 heteroatoms. The minimum atomic E-state index is 0.159. The molecule has 1 amide bonds. The van der Waals surface area contributed by atoms with Gasteiger partial charge in [0, 0.05) is 17.6 Å². The van der Waals surface area contributed by atoms with Crippen LogP contribution < -0.4 is 0 Å². The molecule has 0 radical (unpaired) electrons. The lowest BCUT2D eigenvalue weighted by Crippen LogP contribution is -2.39. The number of hydrogen-bond donors (Lipinski definition) is 0. The summed E-state index contributed by atoms with van der Waals surface area (Å²) in [6.07, 6.45) is 4.78. The molecule has 0 bridgehead atoms. The Balaban J connectivity index is 2.03. The van der Waals surface area contributed by atoms with Crippen molar-refractivity contribution >= 4 is 33.2 Å². The molecule has 1 aromatic heterocycles. The molecule has 0 unspecified atom stereocenters. The van der Waals surface area contributed by atoms with Gasteiger partial charge in [-0.1, -0.05) is 6.92 Å². The maximum absolute atomic E-state index is 12.3. The normalized spacial score (nSPS) is 24.6. The molecule has 1 aliphatic rings. The average Bonchev–Trinajstić information content (AvgIpc) is 2.74. The Morgan fingerprint density at radius 3 is 2.59 bits per heavy atom. The van der Waals surface area contributed by atoms with E-state index < -0.39 is 0 Å². The van der Waals surface area contributed by atoms with Crippen molar-refractivity contribution in [1.82, 2.24) is 4.90 Å². The average molecular weight is 316 g/mol. The van der Waals surface area contributed by atoms with Gasteiger partial charge in [0.1, 0.15) is 4.88 Å². The van der Waals surface area contributed by atoms with Gasteiger partial charge in [-0.15, -0.1) is 11.3 Å². The van der Waals surface area contributed by atoms with E-state index in [-0.39, 0.29) is 5.91 Å². The van der Waals surface area contributed by atoms with Crippen LogP contribution in [-0.4, -0.2) is 23.9 Å². The molecule has 0 aliphatic heterocycles. The van der Waals surface area contributed by atoms with E-state index in [4.69, 9.17) is 0 Å². The third kappa shape index (κ3) is 2.91. The van der Waals surface area contributed by atoms with Crippen LogP contribution in [0.2, 0.25) is 0 Å². The predicted molar refractivity (Wildman–Crippen MR) is 75.5 cm³/mol. The summed E-state index contributed by atoms with van der Waals surface area (Å²) in [5.74, 6) is 0.981. The van der Waals surface area contributed by atoms with Gasteiger partial charge in [0.2, 0.25) is 0 Å². The highest BCUT2D eigenvalue weighted by molar-refractivity contribution is 9.10. The molecule has 1 aromatic rings. The quantitative estimate of drug-likeness (QED) is 0.802. The second-order valence-electron chi connectivity index (χ2n) is 4.93. The fourth-order valence-electron chi connectivity index (χ4n) is 2.40. The molecule has 0 aromatic carbocycles. The number of rotatable bonds is 2. The Morgan fingerprint density at radius 2 is 2.06 bits per heavy atom. The van der Waals surface area contributed by atoms with Crippen molar-refractivity contribution in [2.24, 2.45) is 5.92 Å². The molecular formula is C13H18BrNOS. The first-order valence-electron chi connectivity index (χ1n) is 6.09. The molecule has 94 valence electrons. The van der Waals surface area contributed by atoms with Gasteiger partial charge in [0.25, 0.3) is 5.91 Å². The number of halogens is 1. The summed E-state index contributed by atoms with van der Waals surface area (Å²) < 4.78 is 0.920. The minimum absolute atomic E-state index is 0.159. The van der Waals surface area contributed by atoms with Crippen LogP contribution >= 0.6 is 27.3 Å². The predicted octanol–water partition coefficient (Wildman–Crippen LogP) is 4.16. The summed E-state index contributed by atoms with van der Waals surface area (Å²) in [5, 5.41) is 1.95. The molecular weight excluding hydrogens is 298 g/mol. The molecule has 0 atom stereocenters. The first-order valence-corrected chi connectivity index (χ1v) is 7.77. The summed E-state index contributed by atoms with van der Waals surface area (Å²) in [5.41, 5.74) is 0. The van der Waals surface area contributed by atoms with Crippen LogP contribution in [0.3, 0.4) is 0 Å². The lowest BCUT2D eigenvalue weighted by molar-refractivity contribution is 0.0683. The highest BCUT2D eigenvalue weighted by Gasteiger charge is 2.26. The number of amides is 1. The number of hydrogen-bond acceptors (Lipinski definition) is 2. The van der Waals surface area contributed by atoms with Gasteiger partial charge in [-0.2, -0.15) is 0 Å². The third-order valence-corrected chi connectivity index (χ3v) is 5.49. The van der Waals surface area contributed by atoms with Crippen LogP contribution in [0.4, 0.5) is 0 Å². The van der Waals surface area contributed by atoms with Crippen LogP contribution in [0.5, 0.6) is 0 Å². The number of carbonyl (C=O) groups excluding carboxylic acids is 1. The van der Waals surface area contributed by atoms with Gasteiger partial charge in [0.05, 0.1) is 0 Å². The molecule has 2 rings (SSSR count). The van der Waals surface area contributed by atoms with Crippen molar-refractivity contribution in [3.63, 3.8) is 0 Å². The van der Waals surface area contributed by atoms with Crippen molar-refractivity contribution in [1.29, 1.82) is 0 Å². The smallest absolute Gasteiger partial charge is 0.265 e. The van der Waals surface area contributed by atoms with Crippen molar-refractivity contribution in [3.8, 4) is 0 Å². The van der Waals surface area contributed by atoms with Gasteiger partial charge in [-0.25, -0.2) is 0 Å². The Bertz CT molecular complexity index is 396. The Kier molecular flexibility index (Phi) is 4.26. The van der Waals surface area contributed by atoms with Crippen molar-refractivity contribution < 1.29 is 4.79 Å². The maximum Gasteiger partial charge on any atom is 0.265 e. The second-order valence-corrected chi connectivity index (χ2v) is 6.70. The lowest BCUT2D eigenvalue weighted by Gasteiger charge is -2.33. The maximum atomic E-state index is 12.3. The summed E-state index contributed by atoms with van der Waals surface area (Å²) in [6.45, 7) is 2.30. The number of nitrogens with zero attached hydrogens (tertiary/aromatic N) is 1. The SMILES string of the molecule is CC1CCC(N(C)C(=O)c2sccc2Br)CC1. The summed E-state index contributed by atoms with van der Waals surface area (Å²) >= 11 is 4.94. The zero-order chi connectivity index (χ0) is 12.4. The van der Waals surface area contributed by atoms with E-state index >= 15 is 0 Å². The highest BCUT2D eigenvalue weighted by atomic mass is 79.9. The molecule has 17 heavy (non-hydrogen) atoms. The van der Waals surface area contributed by atoms with E-state index in [1.165, 1.54) is 24.2 Å². The summed E-state index contributed by atoms with van der Waals surface area (Å²) in [6, 6.07) is 2.36. The van der Waals surface area contributed by atoms with Gasteiger partial charge < -0.3 is 4.90 Å². The molecule has 0 N–H and O–H groups in total. The highest BCUT2D eigenvalue weighted by Crippen LogP contribution is 2.29. The number of carbonyl (C=O) groups is 1. The molecule has 0 saturated heterocycles. The molecule has 1 fully saturated rings. The van der Waals surface area contributed by atoms with Crippen LogP contribution in [-0.2, 0) is 0 Å². The molecule has 0 spiro atoms. The zero-order valence-corrected chi connectivity index (χ0v) is 12.7. The van der Waals surface area contributed by atoms with Crippen LogP contribution in [0, 0.1) is 5.92 Å². The van der Waals surface area contributed by atoms with Crippen molar-refractivity contribution in [2.75, 3.05) is 7.05 Å². The number of thiophene rings is 1. The second kappa shape index (κ2) is 5.53. The van der Waals surface area contributed by atoms with Gasteiger partial charge >= 0.3 is 0 Å². The topological polar surface area (TPSA) is 20.3 Å². The third-order valence-electron chi connectivity index (χ3n) is 3.66. The molecule has 1 aliphatic carbocycles. The van der Waals surface area contributed by atoms with E-state index in [1.54, 1.807) is 0 Å². The lowest BCUT2D eigenvalue weighted by atomic mass is 9.87. The molecule has 2 nitrogen and oxygen atoms in total. The van der Waals surface area contributed by atoms with Crippen LogP contribution in [0.1, 0.15) is 42.3 Å². The standard InChI is InChI=1S/C13H18BrNOS/c1-9-3-5-10(6-4-9)15(2)13(16)12-11(14)7-8-17-12/h7-10H,3-6H2,1-2H3. The Hall–Kier alpha value is -0.350. The fraction of sp³-hybridized carbons (Fsp3) is 0.615. The van der Waals surface area contributed by atoms with Gasteiger partial charge in [-0.3, -0.25) is 4.79 Å². The van der Waals surface area contributed by atoms with Gasteiger partial charge in [0.15, 0.2) is 0 Å². The van der Waals surface area contributed by atoms with Crippen molar-refractivity contribution in [3.05, 3.63) is 20.8 Å². The Labute approximate surface area is 115 Å². The largest absolute Gasteiger partial charge is 0.338 e. The summed E-state index contributed by atoms with van der Waals surface area (Å²) in [4.78, 5) is 15.1. The van der Waals surface area contributed by atoms with E-state index in [9.17, 15) is 4.79 Å². The molecule has 1 saturated carbocycles. The van der Waals surface area contributed by atoms with E-state index in [0.29, 0.717) is 6.04 Å². The molecule has 1 heterocycles. The summed E-state index contributed by atoms with van der Waals surface area (Å²) in [7, 11) is 1.94. The van der Waals surface area contributed by atoms with Crippen LogP contribution in [0.15, 0.2) is 15.9 Å². The first kappa shape index (κ1) is 13.1. The minimum Gasteiger partial charge on any atom is -0.338 e. The van der Waals surface area contributed by atoms with E-state index in [0.717, 1.165) is 28.1 Å². The first-order chi connectivity index (χ1) is 8.09. The Morgan fingerprint density at radius 1 is 1.41 bits per heavy atom. The van der Waals surface area contributed by atoms with E-state index in [1.807, 2.05) is 23.4 Å². The van der Waals surface area contributed by atoms with Crippen LogP contribution in [0.25, 0.3) is 0 Å². The monoisotopic (exact) mass is 315 g/mol. The zero-order valence-electron chi connectivity index (χ0n) is 10.3. The fourth-order valence-corrected chi connectivity index (χ4v) is 3.92. The van der Waals surface area contributed by atoms with Gasteiger partial charge in [-0.05, 0) is 59.0 Å².